The topological polar surface area (TPSA) is 58.4 Å². The molecule has 0 saturated carbocycles. The number of piperidine rings is 1. The third-order valence-electron chi connectivity index (χ3n) is 4.45. The van der Waals surface area contributed by atoms with E-state index in [1.54, 1.807) is 6.07 Å². The van der Waals surface area contributed by atoms with Crippen molar-refractivity contribution in [3.05, 3.63) is 54.1 Å². The highest BCUT2D eigenvalue weighted by atomic mass is 16.1. The number of rotatable bonds is 3. The number of amides is 1. The number of para-hydroxylation sites is 1. The van der Waals surface area contributed by atoms with Gasteiger partial charge >= 0.3 is 0 Å². The van der Waals surface area contributed by atoms with Gasteiger partial charge in [0, 0.05) is 24.3 Å². The van der Waals surface area contributed by atoms with E-state index in [2.05, 4.69) is 17.1 Å². The molecule has 23 heavy (non-hydrogen) atoms. The molecule has 1 fully saturated rings. The van der Waals surface area contributed by atoms with E-state index < -0.39 is 0 Å². The van der Waals surface area contributed by atoms with E-state index in [1.165, 1.54) is 12.8 Å². The summed E-state index contributed by atoms with van der Waals surface area (Å²) in [6.07, 6.45) is 2.33. The Morgan fingerprint density at radius 3 is 2.52 bits per heavy atom. The highest BCUT2D eigenvalue weighted by Crippen LogP contribution is 2.29. The molecule has 1 heterocycles. The fourth-order valence-corrected chi connectivity index (χ4v) is 2.93. The van der Waals surface area contributed by atoms with Crippen LogP contribution in [0, 0.1) is 5.92 Å². The highest BCUT2D eigenvalue weighted by Gasteiger charge is 2.19. The Morgan fingerprint density at radius 1 is 1.13 bits per heavy atom. The third-order valence-corrected chi connectivity index (χ3v) is 4.45. The van der Waals surface area contributed by atoms with Gasteiger partial charge in [0.25, 0.3) is 5.91 Å². The second-order valence-corrected chi connectivity index (χ2v) is 6.26. The smallest absolute Gasteiger partial charge is 0.255 e. The van der Waals surface area contributed by atoms with Crippen LogP contribution < -0.4 is 16.0 Å². The van der Waals surface area contributed by atoms with Crippen LogP contribution in [-0.4, -0.2) is 19.0 Å². The van der Waals surface area contributed by atoms with Crippen molar-refractivity contribution in [3.63, 3.8) is 0 Å². The van der Waals surface area contributed by atoms with E-state index in [4.69, 9.17) is 5.73 Å². The minimum Gasteiger partial charge on any atom is -0.397 e. The summed E-state index contributed by atoms with van der Waals surface area (Å²) in [7, 11) is 0. The third kappa shape index (κ3) is 3.65. The standard InChI is InChI=1S/C19H23N3O/c1-14-9-11-22(12-10-14)18-13-15(7-8-17(18)20)19(23)21-16-5-3-2-4-6-16/h2-8,13-14H,9-12,20H2,1H3,(H,21,23). The van der Waals surface area contributed by atoms with Crippen LogP contribution in [-0.2, 0) is 0 Å². The SMILES string of the molecule is CC1CCN(c2cc(C(=O)Nc3ccccc3)ccc2N)CC1. The van der Waals surface area contributed by atoms with E-state index >= 15 is 0 Å². The van der Waals surface area contributed by atoms with Crippen LogP contribution in [0.25, 0.3) is 0 Å². The summed E-state index contributed by atoms with van der Waals surface area (Å²) in [5.74, 6) is 0.653. The highest BCUT2D eigenvalue weighted by molar-refractivity contribution is 6.05. The van der Waals surface area contributed by atoms with Crippen molar-refractivity contribution >= 4 is 23.0 Å². The van der Waals surface area contributed by atoms with Crippen molar-refractivity contribution in [3.8, 4) is 0 Å². The maximum Gasteiger partial charge on any atom is 0.255 e. The number of hydrogen-bond donors (Lipinski definition) is 2. The number of hydrogen-bond acceptors (Lipinski definition) is 3. The number of carbonyl (C=O) groups excluding carboxylic acids is 1. The molecule has 0 aliphatic carbocycles. The number of benzene rings is 2. The molecular weight excluding hydrogens is 286 g/mol. The second-order valence-electron chi connectivity index (χ2n) is 6.26. The van der Waals surface area contributed by atoms with Crippen LogP contribution in [0.2, 0.25) is 0 Å². The maximum atomic E-state index is 12.4. The van der Waals surface area contributed by atoms with E-state index in [0.717, 1.165) is 36.1 Å². The lowest BCUT2D eigenvalue weighted by Gasteiger charge is -2.33. The summed E-state index contributed by atoms with van der Waals surface area (Å²) in [5, 5.41) is 2.92. The molecule has 0 bridgehead atoms. The Balaban J connectivity index is 1.78. The van der Waals surface area contributed by atoms with Crippen LogP contribution in [0.1, 0.15) is 30.1 Å². The minimum atomic E-state index is -0.108. The molecule has 1 aliphatic rings. The van der Waals surface area contributed by atoms with Crippen LogP contribution in [0.15, 0.2) is 48.5 Å². The molecule has 4 heteroatoms. The lowest BCUT2D eigenvalue weighted by molar-refractivity contribution is 0.102. The number of nitrogens with zero attached hydrogens (tertiary/aromatic N) is 1. The van der Waals surface area contributed by atoms with Gasteiger partial charge in [-0.2, -0.15) is 0 Å². The average molecular weight is 309 g/mol. The van der Waals surface area contributed by atoms with Gasteiger partial charge in [-0.1, -0.05) is 25.1 Å². The summed E-state index contributed by atoms with van der Waals surface area (Å²) in [5.41, 5.74) is 9.27. The van der Waals surface area contributed by atoms with Crippen LogP contribution in [0.3, 0.4) is 0 Å². The zero-order valence-corrected chi connectivity index (χ0v) is 13.5. The first-order valence-corrected chi connectivity index (χ1v) is 8.14. The molecule has 3 N–H and O–H groups in total. The van der Waals surface area contributed by atoms with Gasteiger partial charge in [-0.25, -0.2) is 0 Å². The van der Waals surface area contributed by atoms with E-state index in [1.807, 2.05) is 42.5 Å². The summed E-state index contributed by atoms with van der Waals surface area (Å²) < 4.78 is 0. The van der Waals surface area contributed by atoms with Gasteiger partial charge in [-0.3, -0.25) is 4.79 Å². The van der Waals surface area contributed by atoms with Gasteiger partial charge in [0.2, 0.25) is 0 Å². The largest absolute Gasteiger partial charge is 0.397 e. The zero-order valence-electron chi connectivity index (χ0n) is 13.5. The molecule has 2 aromatic carbocycles. The van der Waals surface area contributed by atoms with Crippen molar-refractivity contribution in [1.82, 2.24) is 0 Å². The van der Waals surface area contributed by atoms with Crippen molar-refractivity contribution in [2.75, 3.05) is 29.0 Å². The number of nitrogen functional groups attached to an aromatic ring is 1. The normalized spacial score (nSPS) is 15.4. The van der Waals surface area contributed by atoms with Crippen LogP contribution >= 0.6 is 0 Å². The lowest BCUT2D eigenvalue weighted by Crippen LogP contribution is -2.33. The van der Waals surface area contributed by atoms with Gasteiger partial charge in [0.05, 0.1) is 11.4 Å². The number of nitrogens with one attached hydrogen (secondary N) is 1. The molecule has 1 saturated heterocycles. The van der Waals surface area contributed by atoms with Crippen LogP contribution in [0.4, 0.5) is 17.1 Å². The molecule has 0 atom stereocenters. The summed E-state index contributed by atoms with van der Waals surface area (Å²) >= 11 is 0. The molecule has 1 aliphatic heterocycles. The molecule has 4 nitrogen and oxygen atoms in total. The van der Waals surface area contributed by atoms with Gasteiger partial charge in [0.15, 0.2) is 0 Å². The average Bonchev–Trinajstić information content (AvgIpc) is 2.57. The summed E-state index contributed by atoms with van der Waals surface area (Å²) in [4.78, 5) is 14.7. The predicted octanol–water partition coefficient (Wildman–Crippen LogP) is 3.76. The minimum absolute atomic E-state index is 0.108. The van der Waals surface area contributed by atoms with Crippen molar-refractivity contribution < 1.29 is 4.79 Å². The fourth-order valence-electron chi connectivity index (χ4n) is 2.93. The van der Waals surface area contributed by atoms with E-state index in [0.29, 0.717) is 5.56 Å². The molecule has 2 aromatic rings. The predicted molar refractivity (Wildman–Crippen MR) is 95.9 cm³/mol. The Morgan fingerprint density at radius 2 is 1.83 bits per heavy atom. The van der Waals surface area contributed by atoms with Crippen molar-refractivity contribution in [1.29, 1.82) is 0 Å². The molecule has 0 spiro atoms. The quantitative estimate of drug-likeness (QED) is 0.849. The van der Waals surface area contributed by atoms with Gasteiger partial charge < -0.3 is 16.0 Å². The number of anilines is 3. The Hall–Kier alpha value is -2.49. The second kappa shape index (κ2) is 6.73. The molecule has 3 rings (SSSR count). The van der Waals surface area contributed by atoms with E-state index in [9.17, 15) is 4.79 Å². The molecule has 0 aromatic heterocycles. The first kappa shape index (κ1) is 15.4. The molecule has 120 valence electrons. The first-order chi connectivity index (χ1) is 11.1. The number of nitrogens with two attached hydrogens (primary N) is 1. The van der Waals surface area contributed by atoms with Gasteiger partial charge in [-0.05, 0) is 49.1 Å². The fraction of sp³-hybridized carbons (Fsp3) is 0.316. The van der Waals surface area contributed by atoms with Crippen molar-refractivity contribution in [2.24, 2.45) is 5.92 Å². The van der Waals surface area contributed by atoms with Crippen LogP contribution in [0.5, 0.6) is 0 Å². The summed E-state index contributed by atoms with van der Waals surface area (Å²) in [6.45, 7) is 4.27. The Kier molecular flexibility index (Phi) is 4.51. The molecule has 1 amide bonds. The summed E-state index contributed by atoms with van der Waals surface area (Å²) in [6, 6.07) is 15.0. The van der Waals surface area contributed by atoms with E-state index in [-0.39, 0.29) is 5.91 Å². The number of carbonyl (C=O) groups is 1. The monoisotopic (exact) mass is 309 g/mol. The Bertz CT molecular complexity index is 676. The molecular formula is C19H23N3O. The maximum absolute atomic E-state index is 12.4. The molecule has 0 unspecified atom stereocenters. The van der Waals surface area contributed by atoms with Crippen molar-refractivity contribution in [2.45, 2.75) is 19.8 Å². The van der Waals surface area contributed by atoms with Gasteiger partial charge in [-0.15, -0.1) is 0 Å². The molecule has 0 radical (unpaired) electrons. The Labute approximate surface area is 137 Å². The van der Waals surface area contributed by atoms with Gasteiger partial charge in [0.1, 0.15) is 0 Å². The zero-order chi connectivity index (χ0) is 16.2. The first-order valence-electron chi connectivity index (χ1n) is 8.14. The lowest BCUT2D eigenvalue weighted by atomic mass is 9.98.